The van der Waals surface area contributed by atoms with Crippen molar-refractivity contribution in [3.63, 3.8) is 0 Å². The molecule has 0 bridgehead atoms. The van der Waals surface area contributed by atoms with E-state index in [-0.39, 0.29) is 23.0 Å². The summed E-state index contributed by atoms with van der Waals surface area (Å²) in [6, 6.07) is 10.8. The van der Waals surface area contributed by atoms with Crippen molar-refractivity contribution in [1.29, 1.82) is 0 Å². The summed E-state index contributed by atoms with van der Waals surface area (Å²) in [5.74, 6) is -1.36. The highest BCUT2D eigenvalue weighted by Gasteiger charge is 2.42. The number of aliphatic carboxylic acids is 1. The van der Waals surface area contributed by atoms with Crippen LogP contribution >= 0.6 is 0 Å². The second-order valence-corrected chi connectivity index (χ2v) is 9.19. The maximum absolute atomic E-state index is 13.3. The van der Waals surface area contributed by atoms with Crippen LogP contribution in [0.25, 0.3) is 0 Å². The number of nitrogens with zero attached hydrogens (tertiary/aromatic N) is 1. The SMILES string of the molecule is O=C(O)CC/C=C\C[C@@H]1CCN(S(=O)(=O)c2ccc(F)cc2)[C@@H]1c1cccc(O)c1. The van der Waals surface area contributed by atoms with Crippen LogP contribution in [0.1, 0.15) is 37.3 Å². The number of phenolic OH excluding ortho intramolecular Hbond substituents is 1. The number of rotatable bonds is 8. The van der Waals surface area contributed by atoms with Crippen LogP contribution in [0.4, 0.5) is 4.39 Å². The summed E-state index contributed by atoms with van der Waals surface area (Å²) in [7, 11) is -3.86. The number of sulfonamides is 1. The minimum atomic E-state index is -3.86. The second kappa shape index (κ2) is 9.40. The fourth-order valence-electron chi connectivity index (χ4n) is 3.83. The number of benzene rings is 2. The molecule has 3 rings (SSSR count). The highest BCUT2D eigenvalue weighted by molar-refractivity contribution is 7.89. The summed E-state index contributed by atoms with van der Waals surface area (Å²) < 4.78 is 41.2. The lowest BCUT2D eigenvalue weighted by Gasteiger charge is -2.28. The summed E-state index contributed by atoms with van der Waals surface area (Å²) >= 11 is 0. The highest BCUT2D eigenvalue weighted by atomic mass is 32.2. The van der Waals surface area contributed by atoms with E-state index >= 15 is 0 Å². The molecule has 30 heavy (non-hydrogen) atoms. The van der Waals surface area contributed by atoms with Crippen molar-refractivity contribution in [1.82, 2.24) is 4.31 Å². The van der Waals surface area contributed by atoms with E-state index in [0.29, 0.717) is 31.4 Å². The largest absolute Gasteiger partial charge is 0.508 e. The number of allylic oxidation sites excluding steroid dienone is 2. The average molecular weight is 434 g/mol. The van der Waals surface area contributed by atoms with Gasteiger partial charge < -0.3 is 10.2 Å². The Bertz CT molecular complexity index is 1020. The fourth-order valence-corrected chi connectivity index (χ4v) is 5.52. The molecule has 2 aromatic rings. The first-order valence-electron chi connectivity index (χ1n) is 9.72. The zero-order valence-electron chi connectivity index (χ0n) is 16.3. The third kappa shape index (κ3) is 5.06. The van der Waals surface area contributed by atoms with Gasteiger partial charge in [0.15, 0.2) is 0 Å². The van der Waals surface area contributed by atoms with E-state index < -0.39 is 27.9 Å². The van der Waals surface area contributed by atoms with Gasteiger partial charge in [-0.05, 0) is 67.1 Å². The predicted molar refractivity (Wildman–Crippen MR) is 110 cm³/mol. The summed E-state index contributed by atoms with van der Waals surface area (Å²) in [6.45, 7) is 0.299. The zero-order chi connectivity index (χ0) is 21.7. The van der Waals surface area contributed by atoms with Crippen molar-refractivity contribution in [3.8, 4) is 5.75 Å². The van der Waals surface area contributed by atoms with Crippen LogP contribution < -0.4 is 0 Å². The predicted octanol–water partition coefficient (Wildman–Crippen LogP) is 4.09. The van der Waals surface area contributed by atoms with Crippen molar-refractivity contribution in [3.05, 3.63) is 72.1 Å². The molecule has 0 spiro atoms. The van der Waals surface area contributed by atoms with Crippen LogP contribution in [0.5, 0.6) is 5.75 Å². The van der Waals surface area contributed by atoms with Crippen molar-refractivity contribution in [2.75, 3.05) is 6.54 Å². The van der Waals surface area contributed by atoms with Gasteiger partial charge in [0.05, 0.1) is 10.9 Å². The lowest BCUT2D eigenvalue weighted by Crippen LogP contribution is -2.32. The number of phenols is 1. The Morgan fingerprint density at radius 1 is 1.17 bits per heavy atom. The summed E-state index contributed by atoms with van der Waals surface area (Å²) in [5, 5.41) is 18.7. The van der Waals surface area contributed by atoms with E-state index in [1.54, 1.807) is 24.3 Å². The molecule has 2 atom stereocenters. The summed E-state index contributed by atoms with van der Waals surface area (Å²) in [6.07, 6.45) is 5.33. The molecule has 0 radical (unpaired) electrons. The van der Waals surface area contributed by atoms with E-state index in [2.05, 4.69) is 0 Å². The molecule has 0 aliphatic carbocycles. The first-order chi connectivity index (χ1) is 14.3. The van der Waals surface area contributed by atoms with Crippen molar-refractivity contribution in [2.45, 2.75) is 36.6 Å². The Hall–Kier alpha value is -2.71. The third-order valence-corrected chi connectivity index (χ3v) is 7.13. The normalized spacial score (nSPS) is 20.0. The van der Waals surface area contributed by atoms with Gasteiger partial charge in [-0.3, -0.25) is 4.79 Å². The standard InChI is InChI=1S/C22H24FNO5S/c23-18-9-11-20(12-10-18)30(28,29)24-14-13-16(5-2-1-3-8-21(26)27)22(24)17-6-4-7-19(25)15-17/h1-2,4,6-7,9-12,15-16,22,25H,3,5,8,13-14H2,(H,26,27)/b2-1-/t16-,22+/m1/s1. The van der Waals surface area contributed by atoms with Gasteiger partial charge in [0.25, 0.3) is 0 Å². The highest BCUT2D eigenvalue weighted by Crippen LogP contribution is 2.43. The van der Waals surface area contributed by atoms with Gasteiger partial charge in [-0.15, -0.1) is 0 Å². The van der Waals surface area contributed by atoms with Gasteiger partial charge in [0.2, 0.25) is 10.0 Å². The number of carbonyl (C=O) groups is 1. The van der Waals surface area contributed by atoms with Crippen molar-refractivity contribution < 1.29 is 27.8 Å². The molecule has 6 nitrogen and oxygen atoms in total. The van der Waals surface area contributed by atoms with Crippen LogP contribution in [-0.2, 0) is 14.8 Å². The molecule has 1 heterocycles. The molecule has 2 N–H and O–H groups in total. The van der Waals surface area contributed by atoms with Gasteiger partial charge >= 0.3 is 5.97 Å². The zero-order valence-corrected chi connectivity index (χ0v) is 17.1. The fraction of sp³-hybridized carbons (Fsp3) is 0.318. The topological polar surface area (TPSA) is 94.9 Å². The molecule has 0 saturated carbocycles. The molecule has 1 fully saturated rings. The molecule has 8 heteroatoms. The van der Waals surface area contributed by atoms with E-state index in [1.807, 2.05) is 6.08 Å². The van der Waals surface area contributed by atoms with Crippen molar-refractivity contribution in [2.24, 2.45) is 5.92 Å². The van der Waals surface area contributed by atoms with Gasteiger partial charge in [0, 0.05) is 13.0 Å². The van der Waals surface area contributed by atoms with E-state index in [0.717, 1.165) is 12.1 Å². The minimum Gasteiger partial charge on any atom is -0.508 e. The molecule has 160 valence electrons. The van der Waals surface area contributed by atoms with Crippen LogP contribution in [-0.4, -0.2) is 35.5 Å². The lowest BCUT2D eigenvalue weighted by atomic mass is 9.91. The van der Waals surface area contributed by atoms with Gasteiger partial charge in [0.1, 0.15) is 11.6 Å². The summed E-state index contributed by atoms with van der Waals surface area (Å²) in [5.41, 5.74) is 0.683. The maximum Gasteiger partial charge on any atom is 0.303 e. The first-order valence-corrected chi connectivity index (χ1v) is 11.2. The number of hydrogen-bond donors (Lipinski definition) is 2. The monoisotopic (exact) mass is 433 g/mol. The van der Waals surface area contributed by atoms with Gasteiger partial charge in [-0.2, -0.15) is 4.31 Å². The average Bonchev–Trinajstić information content (AvgIpc) is 3.12. The molecular weight excluding hydrogens is 409 g/mol. The number of hydrogen-bond acceptors (Lipinski definition) is 4. The maximum atomic E-state index is 13.3. The van der Waals surface area contributed by atoms with Crippen molar-refractivity contribution >= 4 is 16.0 Å². The lowest BCUT2D eigenvalue weighted by molar-refractivity contribution is -0.136. The number of carboxylic acid groups (broad SMARTS) is 1. The van der Waals surface area contributed by atoms with E-state index in [4.69, 9.17) is 5.11 Å². The molecule has 1 saturated heterocycles. The number of carboxylic acids is 1. The smallest absolute Gasteiger partial charge is 0.303 e. The Morgan fingerprint density at radius 3 is 2.57 bits per heavy atom. The van der Waals surface area contributed by atoms with E-state index in [9.17, 15) is 22.7 Å². The Kier molecular flexibility index (Phi) is 6.89. The Labute approximate surface area is 175 Å². The number of halogens is 1. The molecule has 2 aromatic carbocycles. The first kappa shape index (κ1) is 22.0. The van der Waals surface area contributed by atoms with Crippen LogP contribution in [0.2, 0.25) is 0 Å². The Balaban J connectivity index is 1.88. The molecule has 0 unspecified atom stereocenters. The second-order valence-electron chi connectivity index (χ2n) is 7.30. The molecular formula is C22H24FNO5S. The van der Waals surface area contributed by atoms with Gasteiger partial charge in [-0.1, -0.05) is 24.3 Å². The molecule has 0 aromatic heterocycles. The van der Waals surface area contributed by atoms with Crippen LogP contribution in [0.15, 0.2) is 65.6 Å². The molecule has 1 aliphatic heterocycles. The molecule has 0 amide bonds. The molecule has 1 aliphatic rings. The number of aromatic hydroxyl groups is 1. The third-order valence-electron chi connectivity index (χ3n) is 5.24. The van der Waals surface area contributed by atoms with Crippen LogP contribution in [0, 0.1) is 11.7 Å². The van der Waals surface area contributed by atoms with E-state index in [1.165, 1.54) is 22.5 Å². The van der Waals surface area contributed by atoms with Crippen LogP contribution in [0.3, 0.4) is 0 Å². The Morgan fingerprint density at radius 2 is 1.90 bits per heavy atom. The quantitative estimate of drug-likeness (QED) is 0.612. The van der Waals surface area contributed by atoms with Gasteiger partial charge in [-0.25, -0.2) is 12.8 Å². The minimum absolute atomic E-state index is 0.0201. The summed E-state index contributed by atoms with van der Waals surface area (Å²) in [4.78, 5) is 10.7.